The van der Waals surface area contributed by atoms with Crippen LogP contribution in [0.15, 0.2) is 18.2 Å². The molecule has 21 heavy (non-hydrogen) atoms. The molecule has 1 heterocycles. The van der Waals surface area contributed by atoms with E-state index in [1.54, 1.807) is 18.3 Å². The summed E-state index contributed by atoms with van der Waals surface area (Å²) in [5, 5.41) is -0.614. The summed E-state index contributed by atoms with van der Waals surface area (Å²) in [6.45, 7) is 1.55. The van der Waals surface area contributed by atoms with Gasteiger partial charge in [-0.15, -0.1) is 22.9 Å². The summed E-state index contributed by atoms with van der Waals surface area (Å²) in [6, 6.07) is 4.53. The van der Waals surface area contributed by atoms with E-state index in [-0.39, 0.29) is 5.56 Å². The predicted octanol–water partition coefficient (Wildman–Crippen LogP) is 5.93. The van der Waals surface area contributed by atoms with Crippen LogP contribution in [0.1, 0.15) is 51.1 Å². The summed E-state index contributed by atoms with van der Waals surface area (Å²) in [4.78, 5) is 2.28. The van der Waals surface area contributed by atoms with E-state index in [0.29, 0.717) is 5.56 Å². The lowest BCUT2D eigenvalue weighted by Crippen LogP contribution is -1.98. The van der Waals surface area contributed by atoms with Crippen LogP contribution in [-0.4, -0.2) is 0 Å². The minimum atomic E-state index is -0.614. The predicted molar refractivity (Wildman–Crippen MR) is 84.4 cm³/mol. The van der Waals surface area contributed by atoms with Crippen molar-refractivity contribution in [3.63, 3.8) is 0 Å². The van der Waals surface area contributed by atoms with Gasteiger partial charge in [0.1, 0.15) is 11.6 Å². The Kier molecular flexibility index (Phi) is 4.32. The van der Waals surface area contributed by atoms with Gasteiger partial charge in [-0.2, -0.15) is 0 Å². The van der Waals surface area contributed by atoms with Crippen LogP contribution in [0.3, 0.4) is 0 Å². The fourth-order valence-corrected chi connectivity index (χ4v) is 4.44. The zero-order chi connectivity index (χ0) is 15.0. The summed E-state index contributed by atoms with van der Waals surface area (Å²) >= 11 is 8.07. The molecule has 0 saturated carbocycles. The maximum absolute atomic E-state index is 14.1. The fourth-order valence-electron chi connectivity index (χ4n) is 2.82. The molecule has 2 aromatic rings. The molecule has 0 nitrogen and oxygen atoms in total. The molecule has 1 aromatic heterocycles. The van der Waals surface area contributed by atoms with E-state index in [0.717, 1.165) is 17.7 Å². The quantitative estimate of drug-likeness (QED) is 0.474. The van der Waals surface area contributed by atoms with Gasteiger partial charge in [0.2, 0.25) is 0 Å². The molecule has 1 aromatic carbocycles. The van der Waals surface area contributed by atoms with Crippen LogP contribution < -0.4 is 0 Å². The number of thiophene rings is 1. The lowest BCUT2D eigenvalue weighted by atomic mass is 10.1. The number of hydrogen-bond acceptors (Lipinski definition) is 1. The Bertz CT molecular complexity index is 640. The lowest BCUT2D eigenvalue weighted by molar-refractivity contribution is 0.581. The Morgan fingerprint density at radius 1 is 1.05 bits per heavy atom. The molecular formula is C17H17ClF2S. The highest BCUT2D eigenvalue weighted by Gasteiger charge is 2.21. The Morgan fingerprint density at radius 3 is 2.62 bits per heavy atom. The number of aryl methyl sites for hydroxylation is 3. The van der Waals surface area contributed by atoms with Gasteiger partial charge < -0.3 is 0 Å². The van der Waals surface area contributed by atoms with Crippen molar-refractivity contribution < 1.29 is 8.78 Å². The highest BCUT2D eigenvalue weighted by Crippen LogP contribution is 2.39. The number of benzene rings is 1. The van der Waals surface area contributed by atoms with Gasteiger partial charge in [0, 0.05) is 15.3 Å². The number of hydrogen-bond donors (Lipinski definition) is 0. The third kappa shape index (κ3) is 3.00. The minimum absolute atomic E-state index is 0.233. The van der Waals surface area contributed by atoms with Crippen LogP contribution in [0.25, 0.3) is 0 Å². The van der Waals surface area contributed by atoms with Crippen LogP contribution in [0.5, 0.6) is 0 Å². The summed E-state index contributed by atoms with van der Waals surface area (Å²) in [5.74, 6) is -0.840. The van der Waals surface area contributed by atoms with E-state index >= 15 is 0 Å². The first-order chi connectivity index (χ1) is 10.1. The number of halogens is 3. The van der Waals surface area contributed by atoms with Gasteiger partial charge in [-0.25, -0.2) is 8.78 Å². The van der Waals surface area contributed by atoms with E-state index in [1.807, 2.05) is 0 Å². The van der Waals surface area contributed by atoms with Crippen molar-refractivity contribution in [2.45, 2.75) is 44.4 Å². The normalized spacial score (nSPS) is 16.4. The number of rotatable bonds is 2. The Labute approximate surface area is 132 Å². The van der Waals surface area contributed by atoms with Crippen LogP contribution >= 0.6 is 22.9 Å². The molecule has 112 valence electrons. The topological polar surface area (TPSA) is 0 Å². The van der Waals surface area contributed by atoms with Gasteiger partial charge in [-0.1, -0.05) is 6.42 Å². The second-order valence-electron chi connectivity index (χ2n) is 5.64. The van der Waals surface area contributed by atoms with Crippen molar-refractivity contribution in [1.29, 1.82) is 0 Å². The zero-order valence-corrected chi connectivity index (χ0v) is 13.5. The van der Waals surface area contributed by atoms with E-state index in [1.165, 1.54) is 41.8 Å². The summed E-state index contributed by atoms with van der Waals surface area (Å²) in [6.07, 6.45) is 5.81. The van der Waals surface area contributed by atoms with Crippen molar-refractivity contribution in [3.05, 3.63) is 56.3 Å². The van der Waals surface area contributed by atoms with Gasteiger partial charge in [0.05, 0.1) is 5.38 Å². The summed E-state index contributed by atoms with van der Waals surface area (Å²) < 4.78 is 27.8. The monoisotopic (exact) mass is 326 g/mol. The lowest BCUT2D eigenvalue weighted by Gasteiger charge is -2.10. The molecule has 4 heteroatoms. The van der Waals surface area contributed by atoms with Crippen molar-refractivity contribution in [3.8, 4) is 0 Å². The van der Waals surface area contributed by atoms with Crippen molar-refractivity contribution in [2.75, 3.05) is 0 Å². The van der Waals surface area contributed by atoms with E-state index in [2.05, 4.69) is 6.07 Å². The first-order valence-electron chi connectivity index (χ1n) is 7.27. The average molecular weight is 327 g/mol. The van der Waals surface area contributed by atoms with Crippen LogP contribution in [0.2, 0.25) is 0 Å². The fraction of sp³-hybridized carbons (Fsp3) is 0.412. The van der Waals surface area contributed by atoms with Crippen molar-refractivity contribution in [2.24, 2.45) is 0 Å². The van der Waals surface area contributed by atoms with Crippen molar-refractivity contribution in [1.82, 2.24) is 0 Å². The van der Waals surface area contributed by atoms with E-state index in [4.69, 9.17) is 11.6 Å². The maximum Gasteiger partial charge on any atom is 0.128 e. The van der Waals surface area contributed by atoms with Gasteiger partial charge in [-0.05, 0) is 61.9 Å². The molecule has 0 fully saturated rings. The molecule has 0 saturated heterocycles. The average Bonchev–Trinajstić information content (AvgIpc) is 2.73. The molecule has 1 unspecified atom stereocenters. The Balaban J connectivity index is 1.95. The molecule has 0 spiro atoms. The number of fused-ring (bicyclic) bond motifs is 1. The smallest absolute Gasteiger partial charge is 0.128 e. The third-order valence-electron chi connectivity index (χ3n) is 4.07. The van der Waals surface area contributed by atoms with Crippen LogP contribution in [0, 0.1) is 18.6 Å². The third-order valence-corrected chi connectivity index (χ3v) is 5.97. The molecule has 1 atom stereocenters. The van der Waals surface area contributed by atoms with Crippen LogP contribution in [-0.2, 0) is 12.8 Å². The SMILES string of the molecule is Cc1cc(F)c(C(Cl)c2cc3c(s2)CCCCC3)cc1F. The van der Waals surface area contributed by atoms with E-state index in [9.17, 15) is 8.78 Å². The molecule has 0 radical (unpaired) electrons. The second-order valence-corrected chi connectivity index (χ2v) is 7.25. The minimum Gasteiger partial charge on any atom is -0.207 e. The molecular weight excluding hydrogens is 310 g/mol. The largest absolute Gasteiger partial charge is 0.207 e. The molecule has 3 rings (SSSR count). The Hall–Kier alpha value is -0.930. The summed E-state index contributed by atoms with van der Waals surface area (Å²) in [7, 11) is 0. The molecule has 1 aliphatic rings. The Morgan fingerprint density at radius 2 is 1.81 bits per heavy atom. The highest BCUT2D eigenvalue weighted by molar-refractivity contribution is 7.12. The van der Waals surface area contributed by atoms with Gasteiger partial charge in [0.25, 0.3) is 0 Å². The standard InChI is InChI=1S/C17H17ClF2S/c1-10-7-14(20)12(9-13(10)19)17(18)16-8-11-5-3-2-4-6-15(11)21-16/h7-9,17H,2-6H2,1H3. The first-order valence-corrected chi connectivity index (χ1v) is 8.52. The molecule has 1 aliphatic carbocycles. The summed E-state index contributed by atoms with van der Waals surface area (Å²) in [5.41, 5.74) is 1.88. The van der Waals surface area contributed by atoms with E-state index < -0.39 is 17.0 Å². The van der Waals surface area contributed by atoms with Crippen molar-refractivity contribution >= 4 is 22.9 Å². The van der Waals surface area contributed by atoms with Gasteiger partial charge in [-0.3, -0.25) is 0 Å². The molecule has 0 bridgehead atoms. The zero-order valence-electron chi connectivity index (χ0n) is 11.9. The molecule has 0 aliphatic heterocycles. The second kappa shape index (κ2) is 6.05. The van der Waals surface area contributed by atoms with Crippen LogP contribution in [0.4, 0.5) is 8.78 Å². The van der Waals surface area contributed by atoms with Gasteiger partial charge in [0.15, 0.2) is 0 Å². The molecule has 0 amide bonds. The van der Waals surface area contributed by atoms with Gasteiger partial charge >= 0.3 is 0 Å². The number of alkyl halides is 1. The maximum atomic E-state index is 14.1. The first kappa shape index (κ1) is 15.0. The molecule has 0 N–H and O–H groups in total. The highest BCUT2D eigenvalue weighted by atomic mass is 35.5.